The van der Waals surface area contributed by atoms with Crippen molar-refractivity contribution in [3.05, 3.63) is 70.8 Å². The van der Waals surface area contributed by atoms with Gasteiger partial charge in [-0.15, -0.1) is 0 Å². The van der Waals surface area contributed by atoms with Gasteiger partial charge < -0.3 is 20.4 Å². The van der Waals surface area contributed by atoms with Crippen LogP contribution in [0.3, 0.4) is 0 Å². The minimum absolute atomic E-state index is 0. The van der Waals surface area contributed by atoms with E-state index in [-0.39, 0.29) is 48.5 Å². The monoisotopic (exact) mass is 422 g/mol. The number of aromatic carboxylic acids is 4. The summed E-state index contributed by atoms with van der Waals surface area (Å²) in [6.07, 6.45) is 0. The fourth-order valence-electron chi connectivity index (χ4n) is 1.71. The predicted octanol–water partition coefficient (Wildman–Crippen LogP) is 2.16. The predicted molar refractivity (Wildman–Crippen MR) is 80.7 cm³/mol. The fourth-order valence-corrected chi connectivity index (χ4v) is 1.71. The van der Waals surface area contributed by atoms with Crippen molar-refractivity contribution in [1.82, 2.24) is 0 Å². The molecule has 0 aliphatic carbocycles. The van der Waals surface area contributed by atoms with Crippen molar-refractivity contribution in [2.24, 2.45) is 0 Å². The van der Waals surface area contributed by atoms with E-state index in [4.69, 9.17) is 20.4 Å². The maximum Gasteiger partial charge on any atom is 0.336 e. The van der Waals surface area contributed by atoms with Crippen molar-refractivity contribution in [1.29, 1.82) is 0 Å². The van der Waals surface area contributed by atoms with Crippen LogP contribution in [0.1, 0.15) is 41.4 Å². The van der Waals surface area contributed by atoms with E-state index in [0.717, 1.165) is 0 Å². The molecule has 0 aliphatic rings. The first-order chi connectivity index (χ1) is 11.3. The molecule has 8 nitrogen and oxygen atoms in total. The molecule has 9 heteroatoms. The van der Waals surface area contributed by atoms with Crippen LogP contribution < -0.4 is 0 Å². The number of hydrogen-bond donors (Lipinski definition) is 4. The molecule has 0 spiro atoms. The molecule has 4 N–H and O–H groups in total. The molecule has 0 fully saturated rings. The molecule has 2 aromatic carbocycles. The van der Waals surface area contributed by atoms with Gasteiger partial charge in [-0.05, 0) is 24.3 Å². The van der Waals surface area contributed by atoms with Crippen LogP contribution in [0, 0.1) is 0 Å². The van der Waals surface area contributed by atoms with Crippen LogP contribution >= 0.6 is 0 Å². The van der Waals surface area contributed by atoms with Crippen LogP contribution in [0.2, 0.25) is 0 Å². The summed E-state index contributed by atoms with van der Waals surface area (Å²) in [6.45, 7) is 0. The quantitative estimate of drug-likeness (QED) is 0.584. The van der Waals surface area contributed by atoms with Crippen LogP contribution in [-0.2, 0) is 26.2 Å². The van der Waals surface area contributed by atoms with E-state index < -0.39 is 23.9 Å². The van der Waals surface area contributed by atoms with Gasteiger partial charge >= 0.3 is 23.9 Å². The van der Waals surface area contributed by atoms with Crippen molar-refractivity contribution in [2.75, 3.05) is 0 Å². The Morgan fingerprint density at radius 3 is 0.760 bits per heavy atom. The fraction of sp³-hybridized carbons (Fsp3) is 0. The van der Waals surface area contributed by atoms with Gasteiger partial charge in [0, 0.05) is 26.2 Å². The summed E-state index contributed by atoms with van der Waals surface area (Å²) < 4.78 is 0. The Bertz CT molecular complexity index is 667. The van der Waals surface area contributed by atoms with E-state index in [1.807, 2.05) is 0 Å². The molecule has 0 saturated carbocycles. The van der Waals surface area contributed by atoms with Gasteiger partial charge in [-0.25, -0.2) is 19.2 Å². The molecule has 25 heavy (non-hydrogen) atoms. The van der Waals surface area contributed by atoms with Crippen LogP contribution in [-0.4, -0.2) is 44.3 Å². The molecule has 0 radical (unpaired) electrons. The topological polar surface area (TPSA) is 149 Å². The van der Waals surface area contributed by atoms with Crippen molar-refractivity contribution >= 4 is 23.9 Å². The Kier molecular flexibility index (Phi) is 9.01. The molecule has 2 rings (SSSR count). The smallest absolute Gasteiger partial charge is 0.336 e. The second-order valence-electron chi connectivity index (χ2n) is 4.31. The maximum absolute atomic E-state index is 10.5. The number of benzene rings is 2. The van der Waals surface area contributed by atoms with Crippen LogP contribution in [0.15, 0.2) is 48.5 Å². The summed E-state index contributed by atoms with van der Waals surface area (Å²) in [5.74, 6) is -4.91. The normalized spacial score (nSPS) is 8.96. The zero-order valence-corrected chi connectivity index (χ0v) is 15.0. The molecule has 0 aromatic heterocycles. The van der Waals surface area contributed by atoms with Crippen molar-refractivity contribution in [3.63, 3.8) is 0 Å². The second kappa shape index (κ2) is 10.1. The van der Waals surface area contributed by atoms with Crippen molar-refractivity contribution in [2.45, 2.75) is 0 Å². The molecule has 0 unspecified atom stereocenters. The minimum Gasteiger partial charge on any atom is -0.478 e. The summed E-state index contributed by atoms with van der Waals surface area (Å²) in [6, 6.07) is 11.0. The molecule has 0 heterocycles. The molecular formula is C16H12O8Zr. The van der Waals surface area contributed by atoms with Gasteiger partial charge in [-0.3, -0.25) is 0 Å². The summed E-state index contributed by atoms with van der Waals surface area (Å²) in [5.41, 5.74) is -0.759. The van der Waals surface area contributed by atoms with Crippen molar-refractivity contribution < 1.29 is 65.8 Å². The van der Waals surface area contributed by atoms with Crippen molar-refractivity contribution in [3.8, 4) is 0 Å². The van der Waals surface area contributed by atoms with E-state index in [9.17, 15) is 19.2 Å². The van der Waals surface area contributed by atoms with E-state index in [1.165, 1.54) is 48.5 Å². The van der Waals surface area contributed by atoms with Crippen LogP contribution in [0.4, 0.5) is 0 Å². The van der Waals surface area contributed by atoms with Gasteiger partial charge in [0.15, 0.2) is 0 Å². The molecule has 0 saturated heterocycles. The first kappa shape index (κ1) is 22.2. The van der Waals surface area contributed by atoms with E-state index in [1.54, 1.807) is 0 Å². The first-order valence-electron chi connectivity index (χ1n) is 6.37. The van der Waals surface area contributed by atoms with Gasteiger partial charge in [0.1, 0.15) is 0 Å². The van der Waals surface area contributed by atoms with E-state index in [2.05, 4.69) is 0 Å². The zero-order chi connectivity index (χ0) is 18.3. The molecule has 0 amide bonds. The Balaban J connectivity index is 0.000000443. The molecule has 2 aromatic rings. The summed E-state index contributed by atoms with van der Waals surface area (Å²) in [5, 5.41) is 34.2. The molecule has 0 bridgehead atoms. The van der Waals surface area contributed by atoms with Gasteiger partial charge in [0.25, 0.3) is 0 Å². The first-order valence-corrected chi connectivity index (χ1v) is 6.37. The average molecular weight is 423 g/mol. The molecular weight excluding hydrogens is 411 g/mol. The number of carboxylic acids is 4. The largest absolute Gasteiger partial charge is 0.478 e. The maximum atomic E-state index is 10.5. The summed E-state index contributed by atoms with van der Waals surface area (Å²) in [7, 11) is 0. The van der Waals surface area contributed by atoms with E-state index >= 15 is 0 Å². The number of carbonyl (C=O) groups is 4. The molecule has 128 valence electrons. The Hall–Kier alpha value is -2.80. The van der Waals surface area contributed by atoms with E-state index in [0.29, 0.717) is 0 Å². The standard InChI is InChI=1S/2C8H6O4.Zr/c2*9-7(10)5-3-1-2-4-6(5)8(11)12;/h2*1-4H,(H,9,10)(H,11,12);. The van der Waals surface area contributed by atoms with Gasteiger partial charge in [-0.1, -0.05) is 24.3 Å². The SMILES string of the molecule is O=C(O)c1ccccc1C(=O)O.O=C(O)c1ccccc1C(=O)O.[Zr]. The second-order valence-corrected chi connectivity index (χ2v) is 4.31. The van der Waals surface area contributed by atoms with Crippen LogP contribution in [0.5, 0.6) is 0 Å². The summed E-state index contributed by atoms with van der Waals surface area (Å²) in [4.78, 5) is 41.9. The van der Waals surface area contributed by atoms with Gasteiger partial charge in [-0.2, -0.15) is 0 Å². The van der Waals surface area contributed by atoms with Crippen LogP contribution in [0.25, 0.3) is 0 Å². The molecule has 0 atom stereocenters. The summed E-state index contributed by atoms with van der Waals surface area (Å²) >= 11 is 0. The Labute approximate surface area is 160 Å². The number of hydrogen-bond acceptors (Lipinski definition) is 4. The molecule has 0 aliphatic heterocycles. The third-order valence-corrected chi connectivity index (χ3v) is 2.78. The van der Waals surface area contributed by atoms with Gasteiger partial charge in [0.05, 0.1) is 22.3 Å². The Morgan fingerprint density at radius 1 is 0.480 bits per heavy atom. The third-order valence-electron chi connectivity index (χ3n) is 2.78. The zero-order valence-electron chi connectivity index (χ0n) is 12.5. The number of carboxylic acid groups (broad SMARTS) is 4. The average Bonchev–Trinajstić information content (AvgIpc) is 2.55. The minimum atomic E-state index is -1.23. The van der Waals surface area contributed by atoms with Gasteiger partial charge in [0.2, 0.25) is 0 Å². The third kappa shape index (κ3) is 6.31. The Morgan fingerprint density at radius 2 is 0.640 bits per heavy atom. The number of rotatable bonds is 4.